The molecule has 84 valence electrons. The molecule has 1 rings (SSSR count). The van der Waals surface area contributed by atoms with E-state index in [9.17, 15) is 8.42 Å². The van der Waals surface area contributed by atoms with Crippen LogP contribution in [0.1, 0.15) is 32.6 Å². The Morgan fingerprint density at radius 3 is 2.43 bits per heavy atom. The second-order valence-corrected chi connectivity index (χ2v) is 6.95. The normalized spacial score (nSPS) is 21.3. The second-order valence-electron chi connectivity index (χ2n) is 4.49. The molecule has 0 radical (unpaired) electrons. The Balaban J connectivity index is 2.40. The third-order valence-electron chi connectivity index (χ3n) is 2.77. The van der Waals surface area contributed by atoms with Gasteiger partial charge in [-0.3, -0.25) is 0 Å². The molecule has 0 amide bonds. The van der Waals surface area contributed by atoms with Crippen LogP contribution in [0, 0.1) is 11.8 Å². The van der Waals surface area contributed by atoms with Crippen LogP contribution in [-0.2, 0) is 9.84 Å². The van der Waals surface area contributed by atoms with E-state index in [0.717, 1.165) is 12.8 Å². The van der Waals surface area contributed by atoms with Crippen molar-refractivity contribution in [3.8, 4) is 0 Å². The molecule has 1 unspecified atom stereocenters. The maximum absolute atomic E-state index is 11.7. The van der Waals surface area contributed by atoms with Gasteiger partial charge in [0.05, 0.1) is 11.5 Å². The van der Waals surface area contributed by atoms with E-state index in [0.29, 0.717) is 17.6 Å². The molecule has 0 aliphatic heterocycles. The summed E-state index contributed by atoms with van der Waals surface area (Å²) in [6.07, 6.45) is 4.58. The molecule has 0 bridgehead atoms. The molecule has 2 nitrogen and oxygen atoms in total. The molecule has 0 spiro atoms. The quantitative estimate of drug-likeness (QED) is 0.690. The standard InChI is InChI=1S/C10H19ClO2S/c1-9(6-11)7-14(12,13)8-10-4-2-3-5-10/h9-10H,2-8H2,1H3. The van der Waals surface area contributed by atoms with Crippen LogP contribution < -0.4 is 0 Å². The van der Waals surface area contributed by atoms with Crippen molar-refractivity contribution in [3.05, 3.63) is 0 Å². The molecule has 4 heteroatoms. The predicted octanol–water partition coefficient (Wildman–Crippen LogP) is 2.47. The Morgan fingerprint density at radius 2 is 1.93 bits per heavy atom. The Morgan fingerprint density at radius 1 is 1.36 bits per heavy atom. The molecule has 14 heavy (non-hydrogen) atoms. The molecule has 0 saturated heterocycles. The predicted molar refractivity (Wildman–Crippen MR) is 60.5 cm³/mol. The van der Waals surface area contributed by atoms with E-state index < -0.39 is 9.84 Å². The van der Waals surface area contributed by atoms with Crippen LogP contribution in [0.15, 0.2) is 0 Å². The van der Waals surface area contributed by atoms with Gasteiger partial charge < -0.3 is 0 Å². The van der Waals surface area contributed by atoms with Gasteiger partial charge in [-0.05, 0) is 24.7 Å². The van der Waals surface area contributed by atoms with Crippen LogP contribution >= 0.6 is 11.6 Å². The first-order chi connectivity index (χ1) is 6.53. The van der Waals surface area contributed by atoms with Crippen LogP contribution in [0.25, 0.3) is 0 Å². The van der Waals surface area contributed by atoms with Gasteiger partial charge in [0.1, 0.15) is 0 Å². The first-order valence-corrected chi connectivity index (χ1v) is 7.65. The number of hydrogen-bond acceptors (Lipinski definition) is 2. The first kappa shape index (κ1) is 12.3. The highest BCUT2D eigenvalue weighted by Crippen LogP contribution is 2.26. The van der Waals surface area contributed by atoms with Crippen molar-refractivity contribution < 1.29 is 8.42 Å². The van der Waals surface area contributed by atoms with Crippen molar-refractivity contribution >= 4 is 21.4 Å². The van der Waals surface area contributed by atoms with E-state index in [4.69, 9.17) is 11.6 Å². The van der Waals surface area contributed by atoms with E-state index in [1.165, 1.54) is 12.8 Å². The van der Waals surface area contributed by atoms with Gasteiger partial charge in [-0.25, -0.2) is 8.42 Å². The van der Waals surface area contributed by atoms with Crippen LogP contribution in [0.3, 0.4) is 0 Å². The molecule has 1 atom stereocenters. The van der Waals surface area contributed by atoms with Crippen molar-refractivity contribution in [2.45, 2.75) is 32.6 Å². The largest absolute Gasteiger partial charge is 0.229 e. The third-order valence-corrected chi connectivity index (χ3v) is 5.35. The van der Waals surface area contributed by atoms with Gasteiger partial charge >= 0.3 is 0 Å². The topological polar surface area (TPSA) is 34.1 Å². The molecule has 0 heterocycles. The summed E-state index contributed by atoms with van der Waals surface area (Å²) in [5.74, 6) is 1.58. The zero-order chi connectivity index (χ0) is 10.6. The van der Waals surface area contributed by atoms with Gasteiger partial charge in [0, 0.05) is 5.88 Å². The SMILES string of the molecule is CC(CCl)CS(=O)(=O)CC1CCCC1. The number of hydrogen-bond donors (Lipinski definition) is 0. The summed E-state index contributed by atoms with van der Waals surface area (Å²) in [7, 11) is -2.86. The zero-order valence-corrected chi connectivity index (χ0v) is 10.3. The molecule has 1 aliphatic carbocycles. The van der Waals surface area contributed by atoms with Crippen molar-refractivity contribution in [2.24, 2.45) is 11.8 Å². The highest BCUT2D eigenvalue weighted by atomic mass is 35.5. The van der Waals surface area contributed by atoms with E-state index >= 15 is 0 Å². The molecular formula is C10H19ClO2S. The lowest BCUT2D eigenvalue weighted by molar-refractivity contribution is 0.550. The van der Waals surface area contributed by atoms with Gasteiger partial charge in [0.2, 0.25) is 0 Å². The Bertz CT molecular complexity index is 255. The fourth-order valence-electron chi connectivity index (χ4n) is 2.08. The summed E-state index contributed by atoms with van der Waals surface area (Å²) in [6, 6.07) is 0. The summed E-state index contributed by atoms with van der Waals surface area (Å²) in [4.78, 5) is 0. The molecule has 0 aromatic carbocycles. The van der Waals surface area contributed by atoms with Crippen molar-refractivity contribution in [3.63, 3.8) is 0 Å². The Hall–Kier alpha value is 0.240. The average molecular weight is 239 g/mol. The van der Waals surface area contributed by atoms with Gasteiger partial charge in [-0.2, -0.15) is 0 Å². The lowest BCUT2D eigenvalue weighted by Crippen LogP contribution is -2.21. The molecule has 1 saturated carbocycles. The number of halogens is 1. The first-order valence-electron chi connectivity index (χ1n) is 5.30. The minimum Gasteiger partial charge on any atom is -0.229 e. The Kier molecular flexibility index (Phi) is 4.71. The van der Waals surface area contributed by atoms with E-state index in [1.807, 2.05) is 6.92 Å². The third kappa shape index (κ3) is 4.18. The van der Waals surface area contributed by atoms with Gasteiger partial charge in [-0.1, -0.05) is 19.8 Å². The van der Waals surface area contributed by atoms with Crippen LogP contribution in [0.5, 0.6) is 0 Å². The van der Waals surface area contributed by atoms with Gasteiger partial charge in [0.15, 0.2) is 9.84 Å². The summed E-state index contributed by atoms with van der Waals surface area (Å²) < 4.78 is 23.4. The molecular weight excluding hydrogens is 220 g/mol. The van der Waals surface area contributed by atoms with Crippen LogP contribution in [-0.4, -0.2) is 25.8 Å². The monoisotopic (exact) mass is 238 g/mol. The Labute approximate surface area is 91.9 Å². The smallest absolute Gasteiger partial charge is 0.150 e. The summed E-state index contributed by atoms with van der Waals surface area (Å²) >= 11 is 5.61. The van der Waals surface area contributed by atoms with E-state index in [1.54, 1.807) is 0 Å². The number of alkyl halides is 1. The maximum atomic E-state index is 11.7. The van der Waals surface area contributed by atoms with Crippen LogP contribution in [0.4, 0.5) is 0 Å². The lowest BCUT2D eigenvalue weighted by Gasteiger charge is -2.12. The highest BCUT2D eigenvalue weighted by molar-refractivity contribution is 7.91. The average Bonchev–Trinajstić information content (AvgIpc) is 2.54. The molecule has 0 aromatic rings. The second kappa shape index (κ2) is 5.36. The van der Waals surface area contributed by atoms with Gasteiger partial charge in [0.25, 0.3) is 0 Å². The summed E-state index contributed by atoms with van der Waals surface area (Å²) in [5.41, 5.74) is 0. The van der Waals surface area contributed by atoms with Gasteiger partial charge in [-0.15, -0.1) is 11.6 Å². The number of sulfone groups is 1. The van der Waals surface area contributed by atoms with E-state index in [-0.39, 0.29) is 11.7 Å². The van der Waals surface area contributed by atoms with Crippen molar-refractivity contribution in [2.75, 3.05) is 17.4 Å². The van der Waals surface area contributed by atoms with Crippen molar-refractivity contribution in [1.29, 1.82) is 0 Å². The fourth-order valence-corrected chi connectivity index (χ4v) is 4.49. The molecule has 1 fully saturated rings. The van der Waals surface area contributed by atoms with E-state index in [2.05, 4.69) is 0 Å². The molecule has 0 aromatic heterocycles. The van der Waals surface area contributed by atoms with Crippen LogP contribution in [0.2, 0.25) is 0 Å². The molecule has 0 N–H and O–H groups in total. The minimum absolute atomic E-state index is 0.0862. The summed E-state index contributed by atoms with van der Waals surface area (Å²) in [5, 5.41) is 0. The maximum Gasteiger partial charge on any atom is 0.150 e. The molecule has 1 aliphatic rings. The zero-order valence-electron chi connectivity index (χ0n) is 8.71. The highest BCUT2D eigenvalue weighted by Gasteiger charge is 2.23. The van der Waals surface area contributed by atoms with Crippen molar-refractivity contribution in [1.82, 2.24) is 0 Å². The lowest BCUT2D eigenvalue weighted by atomic mass is 10.1. The minimum atomic E-state index is -2.86. The summed E-state index contributed by atoms with van der Waals surface area (Å²) in [6.45, 7) is 1.89. The fraction of sp³-hybridized carbons (Fsp3) is 1.00. The number of rotatable bonds is 5.